The van der Waals surface area contributed by atoms with E-state index in [0.29, 0.717) is 38.0 Å². The van der Waals surface area contributed by atoms with Crippen LogP contribution in [0.5, 0.6) is 0 Å². The number of halogens is 2. The van der Waals surface area contributed by atoms with Crippen LogP contribution in [0.25, 0.3) is 0 Å². The van der Waals surface area contributed by atoms with Crippen LogP contribution >= 0.6 is 0 Å². The van der Waals surface area contributed by atoms with E-state index in [-0.39, 0.29) is 23.5 Å². The van der Waals surface area contributed by atoms with Gasteiger partial charge in [-0.2, -0.15) is 0 Å². The van der Waals surface area contributed by atoms with Gasteiger partial charge in [0.25, 0.3) is 5.91 Å². The van der Waals surface area contributed by atoms with Crippen molar-refractivity contribution in [2.45, 2.75) is 19.4 Å². The summed E-state index contributed by atoms with van der Waals surface area (Å²) in [6.07, 6.45) is 1.13. The van der Waals surface area contributed by atoms with E-state index in [1.165, 1.54) is 30.3 Å². The van der Waals surface area contributed by atoms with Gasteiger partial charge >= 0.3 is 0 Å². The Morgan fingerprint density at radius 1 is 1.00 bits per heavy atom. The summed E-state index contributed by atoms with van der Waals surface area (Å²) in [6, 6.07) is 11.6. The Labute approximate surface area is 150 Å². The molecule has 0 unspecified atom stereocenters. The molecule has 136 valence electrons. The van der Waals surface area contributed by atoms with Gasteiger partial charge in [0.15, 0.2) is 0 Å². The zero-order valence-corrected chi connectivity index (χ0v) is 14.3. The average molecular weight is 358 g/mol. The molecule has 0 saturated carbocycles. The van der Waals surface area contributed by atoms with Crippen molar-refractivity contribution in [2.24, 2.45) is 5.92 Å². The molecular weight excluding hydrogens is 338 g/mol. The van der Waals surface area contributed by atoms with Crippen molar-refractivity contribution in [1.82, 2.24) is 10.2 Å². The van der Waals surface area contributed by atoms with Gasteiger partial charge in [-0.1, -0.05) is 18.2 Å². The van der Waals surface area contributed by atoms with Crippen LogP contribution in [-0.4, -0.2) is 29.8 Å². The average Bonchev–Trinajstić information content (AvgIpc) is 2.67. The Bertz CT molecular complexity index is 785. The Morgan fingerprint density at radius 2 is 1.69 bits per heavy atom. The molecule has 1 heterocycles. The number of hydrogen-bond acceptors (Lipinski definition) is 2. The molecule has 2 aromatic rings. The van der Waals surface area contributed by atoms with E-state index in [4.69, 9.17) is 0 Å². The Morgan fingerprint density at radius 3 is 2.35 bits per heavy atom. The van der Waals surface area contributed by atoms with E-state index in [0.717, 1.165) is 5.56 Å². The van der Waals surface area contributed by atoms with Crippen molar-refractivity contribution in [3.05, 3.63) is 71.3 Å². The third kappa shape index (κ3) is 4.45. The molecule has 1 fully saturated rings. The first-order valence-electron chi connectivity index (χ1n) is 8.60. The smallest absolute Gasteiger partial charge is 0.253 e. The number of rotatable bonds is 4. The van der Waals surface area contributed by atoms with E-state index in [9.17, 15) is 18.4 Å². The minimum Gasteiger partial charge on any atom is -0.352 e. The maximum absolute atomic E-state index is 13.3. The zero-order valence-electron chi connectivity index (χ0n) is 14.3. The largest absolute Gasteiger partial charge is 0.352 e. The van der Waals surface area contributed by atoms with Crippen LogP contribution in [-0.2, 0) is 11.3 Å². The summed E-state index contributed by atoms with van der Waals surface area (Å²) in [5.74, 6) is -1.19. The molecule has 4 nitrogen and oxygen atoms in total. The Kier molecular flexibility index (Phi) is 5.61. The fourth-order valence-corrected chi connectivity index (χ4v) is 3.08. The first-order valence-corrected chi connectivity index (χ1v) is 8.60. The van der Waals surface area contributed by atoms with Gasteiger partial charge in [-0.15, -0.1) is 0 Å². The molecule has 0 spiro atoms. The number of benzene rings is 2. The molecule has 2 amide bonds. The van der Waals surface area contributed by atoms with E-state index < -0.39 is 5.82 Å². The van der Waals surface area contributed by atoms with Crippen molar-refractivity contribution < 1.29 is 18.4 Å². The molecule has 1 aliphatic rings. The lowest BCUT2D eigenvalue weighted by Gasteiger charge is -2.31. The predicted molar refractivity (Wildman–Crippen MR) is 93.3 cm³/mol. The number of hydrogen-bond donors (Lipinski definition) is 1. The molecule has 0 aliphatic carbocycles. The van der Waals surface area contributed by atoms with Gasteiger partial charge in [-0.25, -0.2) is 8.78 Å². The molecule has 6 heteroatoms. The predicted octanol–water partition coefficient (Wildman–Crippen LogP) is 3.13. The third-order valence-corrected chi connectivity index (χ3v) is 4.60. The molecule has 26 heavy (non-hydrogen) atoms. The molecule has 0 aromatic heterocycles. The van der Waals surface area contributed by atoms with Gasteiger partial charge in [0.2, 0.25) is 5.91 Å². The standard InChI is InChI=1S/C20H20F2N2O2/c21-17-6-4-14(5-7-17)13-23-19(25)15-8-10-24(11-9-15)20(26)16-2-1-3-18(22)12-16/h1-7,12,15H,8-11,13H2,(H,23,25). The van der Waals surface area contributed by atoms with E-state index in [2.05, 4.69) is 5.32 Å². The highest BCUT2D eigenvalue weighted by Gasteiger charge is 2.27. The molecule has 1 saturated heterocycles. The lowest BCUT2D eigenvalue weighted by atomic mass is 9.95. The fraction of sp³-hybridized carbons (Fsp3) is 0.300. The van der Waals surface area contributed by atoms with Gasteiger partial charge < -0.3 is 10.2 Å². The minimum absolute atomic E-state index is 0.0628. The van der Waals surface area contributed by atoms with Gasteiger partial charge in [0.1, 0.15) is 11.6 Å². The van der Waals surface area contributed by atoms with Crippen LogP contribution < -0.4 is 5.32 Å². The van der Waals surface area contributed by atoms with Crippen LogP contribution in [0.1, 0.15) is 28.8 Å². The molecule has 2 aromatic carbocycles. The quantitative estimate of drug-likeness (QED) is 0.913. The summed E-state index contributed by atoms with van der Waals surface area (Å²) < 4.78 is 26.1. The highest BCUT2D eigenvalue weighted by Crippen LogP contribution is 2.20. The van der Waals surface area contributed by atoms with Crippen LogP contribution in [0.15, 0.2) is 48.5 Å². The molecule has 1 aliphatic heterocycles. The van der Waals surface area contributed by atoms with Crippen LogP contribution in [0.2, 0.25) is 0 Å². The summed E-state index contributed by atoms with van der Waals surface area (Å²) >= 11 is 0. The van der Waals surface area contributed by atoms with Gasteiger partial charge in [0.05, 0.1) is 0 Å². The number of nitrogens with zero attached hydrogens (tertiary/aromatic N) is 1. The minimum atomic E-state index is -0.439. The second kappa shape index (κ2) is 8.08. The highest BCUT2D eigenvalue weighted by molar-refractivity contribution is 5.94. The second-order valence-corrected chi connectivity index (χ2v) is 6.42. The number of likely N-dealkylation sites (tertiary alicyclic amines) is 1. The van der Waals surface area contributed by atoms with Crippen LogP contribution in [0.4, 0.5) is 8.78 Å². The zero-order chi connectivity index (χ0) is 18.5. The second-order valence-electron chi connectivity index (χ2n) is 6.42. The fourth-order valence-electron chi connectivity index (χ4n) is 3.08. The highest BCUT2D eigenvalue weighted by atomic mass is 19.1. The van der Waals surface area contributed by atoms with Gasteiger partial charge in [0, 0.05) is 31.1 Å². The van der Waals surface area contributed by atoms with Gasteiger partial charge in [-0.3, -0.25) is 9.59 Å². The molecule has 0 atom stereocenters. The molecule has 1 N–H and O–H groups in total. The van der Waals surface area contributed by atoms with Crippen molar-refractivity contribution in [1.29, 1.82) is 0 Å². The number of piperidine rings is 1. The lowest BCUT2D eigenvalue weighted by molar-refractivity contribution is -0.126. The monoisotopic (exact) mass is 358 g/mol. The van der Waals surface area contributed by atoms with Crippen LogP contribution in [0, 0.1) is 17.6 Å². The molecule has 0 bridgehead atoms. The Hall–Kier alpha value is -2.76. The van der Waals surface area contributed by atoms with E-state index in [1.54, 1.807) is 23.1 Å². The van der Waals surface area contributed by atoms with Crippen molar-refractivity contribution in [3.63, 3.8) is 0 Å². The lowest BCUT2D eigenvalue weighted by Crippen LogP contribution is -2.42. The molecule has 3 rings (SSSR count). The normalized spacial score (nSPS) is 14.9. The molecular formula is C20H20F2N2O2. The van der Waals surface area contributed by atoms with E-state index >= 15 is 0 Å². The number of carbonyl (C=O) groups is 2. The van der Waals surface area contributed by atoms with Crippen molar-refractivity contribution in [3.8, 4) is 0 Å². The molecule has 0 radical (unpaired) electrons. The van der Waals surface area contributed by atoms with Crippen LogP contribution in [0.3, 0.4) is 0 Å². The maximum atomic E-state index is 13.3. The first kappa shape index (κ1) is 18.0. The van der Waals surface area contributed by atoms with Crippen molar-refractivity contribution >= 4 is 11.8 Å². The Balaban J connectivity index is 1.49. The SMILES string of the molecule is O=C(NCc1ccc(F)cc1)C1CCN(C(=O)c2cccc(F)c2)CC1. The van der Waals surface area contributed by atoms with Gasteiger partial charge in [-0.05, 0) is 48.7 Å². The number of nitrogens with one attached hydrogen (secondary N) is 1. The number of carbonyl (C=O) groups excluding carboxylic acids is 2. The third-order valence-electron chi connectivity index (χ3n) is 4.60. The maximum Gasteiger partial charge on any atom is 0.253 e. The first-order chi connectivity index (χ1) is 12.5. The summed E-state index contributed by atoms with van der Waals surface area (Å²) in [7, 11) is 0. The summed E-state index contributed by atoms with van der Waals surface area (Å²) in [5.41, 5.74) is 1.16. The summed E-state index contributed by atoms with van der Waals surface area (Å²) in [6.45, 7) is 1.27. The van der Waals surface area contributed by atoms with Crippen molar-refractivity contribution in [2.75, 3.05) is 13.1 Å². The van der Waals surface area contributed by atoms with E-state index in [1.807, 2.05) is 0 Å². The number of amides is 2. The summed E-state index contributed by atoms with van der Waals surface area (Å²) in [5, 5.41) is 2.86. The topological polar surface area (TPSA) is 49.4 Å². The summed E-state index contributed by atoms with van der Waals surface area (Å²) in [4.78, 5) is 26.3.